The number of nitrogens with zero attached hydrogens (tertiary/aromatic N) is 2. The molecule has 3 rings (SSSR count). The molecule has 1 heterocycles. The number of hydrogen-bond acceptors (Lipinski definition) is 3. The zero-order chi connectivity index (χ0) is 21.3. The van der Waals surface area contributed by atoms with Crippen LogP contribution in [0.5, 0.6) is 0 Å². The van der Waals surface area contributed by atoms with Gasteiger partial charge in [0.05, 0.1) is 6.20 Å². The zero-order valence-corrected chi connectivity index (χ0v) is 19.7. The molecule has 158 valence electrons. The van der Waals surface area contributed by atoms with Crippen molar-refractivity contribution in [3.8, 4) is 0 Å². The molecule has 0 saturated carbocycles. The lowest BCUT2D eigenvalue weighted by Gasteiger charge is -2.18. The molecule has 1 aromatic heterocycles. The number of aromatic nitrogens is 2. The largest absolute Gasteiger partial charge is 0.347 e. The van der Waals surface area contributed by atoms with Crippen molar-refractivity contribution in [2.45, 2.75) is 45.2 Å². The number of carbonyl (C=O) groups is 1. The van der Waals surface area contributed by atoms with E-state index in [0.717, 1.165) is 41.5 Å². The van der Waals surface area contributed by atoms with Gasteiger partial charge in [0.2, 0.25) is 0 Å². The Kier molecular flexibility index (Phi) is 8.58. The van der Waals surface area contributed by atoms with Crippen molar-refractivity contribution < 1.29 is 4.79 Å². The number of aryl methyl sites for hydroxylation is 1. The van der Waals surface area contributed by atoms with E-state index in [9.17, 15) is 4.79 Å². The van der Waals surface area contributed by atoms with Crippen LogP contribution < -0.4 is 5.32 Å². The molecule has 4 nitrogen and oxygen atoms in total. The highest BCUT2D eigenvalue weighted by Gasteiger charge is 2.19. The van der Waals surface area contributed by atoms with Gasteiger partial charge < -0.3 is 9.88 Å². The molecule has 1 N–H and O–H groups in total. The third-order valence-corrected chi connectivity index (χ3v) is 5.97. The van der Waals surface area contributed by atoms with E-state index >= 15 is 0 Å². The molecule has 0 radical (unpaired) electrons. The van der Waals surface area contributed by atoms with Crippen LogP contribution in [0.25, 0.3) is 0 Å². The molecule has 0 aliphatic rings. The first-order valence-electron chi connectivity index (χ1n) is 10.3. The Bertz CT molecular complexity index is 958. The van der Waals surface area contributed by atoms with Gasteiger partial charge in [-0.3, -0.25) is 4.79 Å². The maximum Gasteiger partial charge on any atom is 0.269 e. The first kappa shape index (κ1) is 22.6. The van der Waals surface area contributed by atoms with E-state index in [0.29, 0.717) is 18.0 Å². The molecule has 1 atom stereocenters. The van der Waals surface area contributed by atoms with Crippen molar-refractivity contribution in [1.82, 2.24) is 14.9 Å². The fourth-order valence-electron chi connectivity index (χ4n) is 3.44. The van der Waals surface area contributed by atoms with Crippen molar-refractivity contribution in [1.29, 1.82) is 0 Å². The van der Waals surface area contributed by atoms with Crippen LogP contribution in [-0.4, -0.2) is 27.3 Å². The number of imidazole rings is 1. The molecule has 0 aliphatic carbocycles. The Morgan fingerprint density at radius 1 is 1.17 bits per heavy atom. The summed E-state index contributed by atoms with van der Waals surface area (Å²) in [4.78, 5) is 17.7. The van der Waals surface area contributed by atoms with Gasteiger partial charge >= 0.3 is 0 Å². The second kappa shape index (κ2) is 11.4. The highest BCUT2D eigenvalue weighted by molar-refractivity contribution is 9.10. The quantitative estimate of drug-likeness (QED) is 0.382. The molecular formula is C24H28BrN3OS. The summed E-state index contributed by atoms with van der Waals surface area (Å²) in [5.41, 5.74) is 2.91. The highest BCUT2D eigenvalue weighted by Crippen LogP contribution is 2.17. The van der Waals surface area contributed by atoms with Gasteiger partial charge in [-0.1, -0.05) is 71.7 Å². The SMILES string of the molecule is CCCCc1ncc(C(=O)N[C@@H](CS)Cc2ccccc2)n1Cc1cccc(Br)c1. The van der Waals surface area contributed by atoms with Crippen LogP contribution in [-0.2, 0) is 19.4 Å². The van der Waals surface area contributed by atoms with Crippen LogP contribution in [0.3, 0.4) is 0 Å². The van der Waals surface area contributed by atoms with Crippen LogP contribution in [0.2, 0.25) is 0 Å². The van der Waals surface area contributed by atoms with Gasteiger partial charge in [-0.25, -0.2) is 4.98 Å². The summed E-state index contributed by atoms with van der Waals surface area (Å²) in [6.07, 6.45) is 5.45. The van der Waals surface area contributed by atoms with Crippen molar-refractivity contribution in [3.05, 3.63) is 87.9 Å². The summed E-state index contributed by atoms with van der Waals surface area (Å²) in [6.45, 7) is 2.78. The number of nitrogens with one attached hydrogen (secondary N) is 1. The number of halogens is 1. The Morgan fingerprint density at radius 2 is 1.93 bits per heavy atom. The summed E-state index contributed by atoms with van der Waals surface area (Å²) < 4.78 is 3.07. The zero-order valence-electron chi connectivity index (χ0n) is 17.2. The third kappa shape index (κ3) is 6.22. The maximum atomic E-state index is 13.2. The van der Waals surface area contributed by atoms with Gasteiger partial charge in [-0.05, 0) is 36.1 Å². The monoisotopic (exact) mass is 485 g/mol. The summed E-state index contributed by atoms with van der Waals surface area (Å²) in [5.74, 6) is 1.42. The van der Waals surface area contributed by atoms with E-state index in [-0.39, 0.29) is 11.9 Å². The molecule has 0 unspecified atom stereocenters. The summed E-state index contributed by atoms with van der Waals surface area (Å²) >= 11 is 7.99. The molecule has 0 spiro atoms. The van der Waals surface area contributed by atoms with Crippen molar-refractivity contribution in [2.75, 3.05) is 5.75 Å². The molecule has 3 aromatic rings. The van der Waals surface area contributed by atoms with Gasteiger partial charge in [-0.15, -0.1) is 0 Å². The number of benzene rings is 2. The molecular weight excluding hydrogens is 458 g/mol. The maximum absolute atomic E-state index is 13.2. The Balaban J connectivity index is 1.80. The molecule has 0 fully saturated rings. The smallest absolute Gasteiger partial charge is 0.269 e. The van der Waals surface area contributed by atoms with Crippen LogP contribution in [0.1, 0.15) is 47.2 Å². The average molecular weight is 486 g/mol. The molecule has 30 heavy (non-hydrogen) atoms. The fraction of sp³-hybridized carbons (Fsp3) is 0.333. The van der Waals surface area contributed by atoms with Gasteiger partial charge in [0.25, 0.3) is 5.91 Å². The first-order valence-corrected chi connectivity index (χ1v) is 11.8. The lowest BCUT2D eigenvalue weighted by molar-refractivity contribution is 0.0931. The second-order valence-corrected chi connectivity index (χ2v) is 8.70. The van der Waals surface area contributed by atoms with E-state index in [4.69, 9.17) is 0 Å². The minimum absolute atomic E-state index is 0.0449. The van der Waals surface area contributed by atoms with Crippen molar-refractivity contribution in [3.63, 3.8) is 0 Å². The van der Waals surface area contributed by atoms with E-state index < -0.39 is 0 Å². The minimum Gasteiger partial charge on any atom is -0.347 e. The minimum atomic E-state index is -0.102. The molecule has 0 bridgehead atoms. The molecule has 1 amide bonds. The van der Waals surface area contributed by atoms with Crippen LogP contribution in [0.4, 0.5) is 0 Å². The van der Waals surface area contributed by atoms with Crippen LogP contribution in [0, 0.1) is 0 Å². The number of thiol groups is 1. The summed E-state index contributed by atoms with van der Waals surface area (Å²) in [7, 11) is 0. The lowest BCUT2D eigenvalue weighted by Crippen LogP contribution is -2.39. The van der Waals surface area contributed by atoms with Crippen LogP contribution in [0.15, 0.2) is 65.3 Å². The molecule has 2 aromatic carbocycles. The van der Waals surface area contributed by atoms with Crippen molar-refractivity contribution in [2.24, 2.45) is 0 Å². The van der Waals surface area contributed by atoms with Crippen molar-refractivity contribution >= 4 is 34.5 Å². The predicted molar refractivity (Wildman–Crippen MR) is 129 cm³/mol. The molecule has 0 aliphatic heterocycles. The van der Waals surface area contributed by atoms with Gasteiger partial charge in [0.1, 0.15) is 11.5 Å². The van der Waals surface area contributed by atoms with E-state index in [1.54, 1.807) is 6.20 Å². The van der Waals surface area contributed by atoms with E-state index in [1.807, 2.05) is 34.9 Å². The Hall–Kier alpha value is -2.05. The first-order chi connectivity index (χ1) is 14.6. The molecule has 0 saturated heterocycles. The average Bonchev–Trinajstić information content (AvgIpc) is 3.15. The van der Waals surface area contributed by atoms with Gasteiger partial charge in [0, 0.05) is 29.2 Å². The number of rotatable bonds is 10. The fourth-order valence-corrected chi connectivity index (χ4v) is 4.11. The van der Waals surface area contributed by atoms with E-state index in [1.165, 1.54) is 5.56 Å². The lowest BCUT2D eigenvalue weighted by atomic mass is 10.1. The number of unbranched alkanes of at least 4 members (excludes halogenated alkanes) is 1. The standard InChI is InChI=1S/C24H28BrN3OS/c1-2-3-12-23-26-15-22(28(23)16-19-10-7-11-20(25)13-19)24(29)27-21(17-30)14-18-8-5-4-6-9-18/h4-11,13,15,21,30H,2-3,12,14,16-17H2,1H3,(H,27,29)/t21-/m1/s1. The Labute approximate surface area is 192 Å². The predicted octanol–water partition coefficient (Wildman–Crippen LogP) is 5.31. The normalized spacial score (nSPS) is 12.0. The third-order valence-electron chi connectivity index (χ3n) is 5.04. The summed E-state index contributed by atoms with van der Waals surface area (Å²) in [6, 6.07) is 18.3. The molecule has 6 heteroatoms. The number of amides is 1. The number of carbonyl (C=O) groups excluding carboxylic acids is 1. The summed E-state index contributed by atoms with van der Waals surface area (Å²) in [5, 5.41) is 3.15. The Morgan fingerprint density at radius 3 is 2.63 bits per heavy atom. The van der Waals surface area contributed by atoms with Crippen LogP contribution >= 0.6 is 28.6 Å². The highest BCUT2D eigenvalue weighted by atomic mass is 79.9. The topological polar surface area (TPSA) is 46.9 Å². The number of hydrogen-bond donors (Lipinski definition) is 2. The van der Waals surface area contributed by atoms with Gasteiger partial charge in [0.15, 0.2) is 0 Å². The van der Waals surface area contributed by atoms with Gasteiger partial charge in [-0.2, -0.15) is 12.6 Å². The second-order valence-electron chi connectivity index (χ2n) is 7.42. The van der Waals surface area contributed by atoms with E-state index in [2.05, 4.69) is 70.0 Å².